The molecule has 0 aromatic heterocycles. The molecule has 0 aliphatic carbocycles. The van der Waals surface area contributed by atoms with Gasteiger partial charge in [0.15, 0.2) is 5.82 Å². The zero-order valence-corrected chi connectivity index (χ0v) is 9.56. The van der Waals surface area contributed by atoms with Crippen molar-refractivity contribution >= 4 is 5.69 Å². The molecule has 0 saturated carbocycles. The van der Waals surface area contributed by atoms with Crippen LogP contribution in [0.4, 0.5) is 10.1 Å². The van der Waals surface area contributed by atoms with Crippen molar-refractivity contribution in [3.8, 4) is 11.8 Å². The van der Waals surface area contributed by atoms with Crippen molar-refractivity contribution in [2.45, 2.75) is 6.61 Å². The quantitative estimate of drug-likeness (QED) is 0.842. The largest absolute Gasteiger partial charge is 0.489 e. The Morgan fingerprint density at radius 3 is 2.56 bits per heavy atom. The van der Waals surface area contributed by atoms with Gasteiger partial charge in [-0.25, -0.2) is 4.39 Å². The minimum Gasteiger partial charge on any atom is -0.489 e. The van der Waals surface area contributed by atoms with E-state index in [-0.39, 0.29) is 12.3 Å². The minimum absolute atomic E-state index is 0.1000. The maximum atomic E-state index is 13.6. The smallest absolute Gasteiger partial charge is 0.152 e. The lowest BCUT2D eigenvalue weighted by molar-refractivity contribution is 0.300. The normalized spacial score (nSPS) is 9.78. The Kier molecular flexibility index (Phi) is 3.44. The van der Waals surface area contributed by atoms with Gasteiger partial charge in [0.25, 0.3) is 0 Å². The number of anilines is 1. The number of benzene rings is 2. The number of hydrogen-bond donors (Lipinski definition) is 1. The van der Waals surface area contributed by atoms with Crippen LogP contribution in [-0.4, -0.2) is 0 Å². The van der Waals surface area contributed by atoms with Crippen molar-refractivity contribution in [1.29, 1.82) is 5.26 Å². The number of hydrogen-bond acceptors (Lipinski definition) is 3. The van der Waals surface area contributed by atoms with E-state index in [1.54, 1.807) is 36.4 Å². The highest BCUT2D eigenvalue weighted by Crippen LogP contribution is 2.18. The molecule has 0 bridgehead atoms. The molecule has 2 rings (SSSR count). The number of halogens is 1. The Bertz CT molecular complexity index is 588. The molecule has 2 aromatic carbocycles. The monoisotopic (exact) mass is 242 g/mol. The molecule has 0 aliphatic heterocycles. The lowest BCUT2D eigenvalue weighted by Crippen LogP contribution is -2.01. The Balaban J connectivity index is 2.07. The number of nitrogens with zero attached hydrogens (tertiary/aromatic N) is 1. The van der Waals surface area contributed by atoms with E-state index in [1.807, 2.05) is 6.07 Å². The summed E-state index contributed by atoms with van der Waals surface area (Å²) >= 11 is 0. The molecule has 0 unspecified atom stereocenters. The predicted octanol–water partition coefficient (Wildman–Crippen LogP) is 2.86. The molecule has 0 aliphatic rings. The maximum Gasteiger partial charge on any atom is 0.152 e. The van der Waals surface area contributed by atoms with Crippen LogP contribution in [0.15, 0.2) is 42.5 Å². The van der Waals surface area contributed by atoms with Crippen LogP contribution in [0.25, 0.3) is 0 Å². The van der Waals surface area contributed by atoms with Crippen LogP contribution in [0.3, 0.4) is 0 Å². The summed E-state index contributed by atoms with van der Waals surface area (Å²) in [5, 5.41) is 8.65. The average molecular weight is 242 g/mol. The van der Waals surface area contributed by atoms with Gasteiger partial charge in [-0.3, -0.25) is 0 Å². The van der Waals surface area contributed by atoms with Gasteiger partial charge in [0, 0.05) is 5.56 Å². The van der Waals surface area contributed by atoms with E-state index < -0.39 is 5.82 Å². The molecule has 18 heavy (non-hydrogen) atoms. The zero-order valence-electron chi connectivity index (χ0n) is 9.56. The van der Waals surface area contributed by atoms with Gasteiger partial charge in [-0.2, -0.15) is 5.26 Å². The van der Waals surface area contributed by atoms with E-state index >= 15 is 0 Å². The van der Waals surface area contributed by atoms with Gasteiger partial charge in [-0.15, -0.1) is 0 Å². The van der Waals surface area contributed by atoms with Gasteiger partial charge < -0.3 is 10.5 Å². The standard InChI is InChI=1S/C14H11FN2O/c15-14-11(2-1-3-13(14)17)9-18-12-6-4-10(8-16)5-7-12/h1-7H,9,17H2. The fourth-order valence-corrected chi connectivity index (χ4v) is 1.50. The molecule has 0 spiro atoms. The Morgan fingerprint density at radius 2 is 1.89 bits per heavy atom. The topological polar surface area (TPSA) is 59.0 Å². The predicted molar refractivity (Wildman–Crippen MR) is 66.3 cm³/mol. The van der Waals surface area contributed by atoms with Crippen molar-refractivity contribution in [3.05, 3.63) is 59.4 Å². The van der Waals surface area contributed by atoms with Crippen molar-refractivity contribution in [3.63, 3.8) is 0 Å². The van der Waals surface area contributed by atoms with Crippen LogP contribution in [0, 0.1) is 17.1 Å². The first-order chi connectivity index (χ1) is 8.70. The van der Waals surface area contributed by atoms with E-state index in [0.29, 0.717) is 16.9 Å². The molecular weight excluding hydrogens is 231 g/mol. The van der Waals surface area contributed by atoms with Crippen molar-refractivity contribution in [2.75, 3.05) is 5.73 Å². The summed E-state index contributed by atoms with van der Waals surface area (Å²) in [5.41, 5.74) is 6.52. The van der Waals surface area contributed by atoms with Crippen LogP contribution in [0.5, 0.6) is 5.75 Å². The highest BCUT2D eigenvalue weighted by Gasteiger charge is 2.05. The molecule has 0 heterocycles. The van der Waals surface area contributed by atoms with E-state index in [2.05, 4.69) is 0 Å². The summed E-state index contributed by atoms with van der Waals surface area (Å²) in [4.78, 5) is 0. The maximum absolute atomic E-state index is 13.6. The second-order valence-corrected chi connectivity index (χ2v) is 3.75. The molecule has 90 valence electrons. The lowest BCUT2D eigenvalue weighted by Gasteiger charge is -2.08. The Morgan fingerprint density at radius 1 is 1.17 bits per heavy atom. The molecule has 2 aromatic rings. The van der Waals surface area contributed by atoms with Crippen LogP contribution < -0.4 is 10.5 Å². The molecule has 0 fully saturated rings. The summed E-state index contributed by atoms with van der Waals surface area (Å²) in [6.45, 7) is 0.1000. The molecule has 0 radical (unpaired) electrons. The van der Waals surface area contributed by atoms with Gasteiger partial charge in [0.2, 0.25) is 0 Å². The SMILES string of the molecule is N#Cc1ccc(OCc2cccc(N)c2F)cc1. The molecule has 0 atom stereocenters. The summed E-state index contributed by atoms with van der Waals surface area (Å²) < 4.78 is 19.0. The van der Waals surface area contributed by atoms with E-state index in [0.717, 1.165) is 0 Å². The number of nitriles is 1. The molecule has 4 heteroatoms. The van der Waals surface area contributed by atoms with Crippen molar-refractivity contribution in [2.24, 2.45) is 0 Å². The lowest BCUT2D eigenvalue weighted by atomic mass is 10.2. The summed E-state index contributed by atoms with van der Waals surface area (Å²) in [5.74, 6) is 0.127. The van der Waals surface area contributed by atoms with Gasteiger partial charge in [0.1, 0.15) is 12.4 Å². The highest BCUT2D eigenvalue weighted by molar-refractivity contribution is 5.43. The number of rotatable bonds is 3. The van der Waals surface area contributed by atoms with Crippen molar-refractivity contribution in [1.82, 2.24) is 0 Å². The van der Waals surface area contributed by atoms with Crippen LogP contribution in [0.2, 0.25) is 0 Å². The van der Waals surface area contributed by atoms with Crippen LogP contribution in [0.1, 0.15) is 11.1 Å². The van der Waals surface area contributed by atoms with Gasteiger partial charge in [-0.05, 0) is 30.3 Å². The van der Waals surface area contributed by atoms with E-state index in [4.69, 9.17) is 15.7 Å². The summed E-state index contributed by atoms with van der Waals surface area (Å²) in [6, 6.07) is 13.4. The van der Waals surface area contributed by atoms with Crippen LogP contribution >= 0.6 is 0 Å². The van der Waals surface area contributed by atoms with Gasteiger partial charge >= 0.3 is 0 Å². The fraction of sp³-hybridized carbons (Fsp3) is 0.0714. The minimum atomic E-state index is -0.453. The third-order valence-electron chi connectivity index (χ3n) is 2.49. The molecule has 2 N–H and O–H groups in total. The van der Waals surface area contributed by atoms with Crippen LogP contribution in [-0.2, 0) is 6.61 Å². The molecule has 0 saturated heterocycles. The Labute approximate surface area is 104 Å². The summed E-state index contributed by atoms with van der Waals surface area (Å²) in [7, 11) is 0. The Hall–Kier alpha value is -2.54. The average Bonchev–Trinajstić information content (AvgIpc) is 2.41. The third kappa shape index (κ3) is 2.58. The molecule has 0 amide bonds. The van der Waals surface area contributed by atoms with Gasteiger partial charge in [-0.1, -0.05) is 12.1 Å². The second-order valence-electron chi connectivity index (χ2n) is 3.75. The zero-order chi connectivity index (χ0) is 13.0. The first-order valence-electron chi connectivity index (χ1n) is 5.36. The number of nitrogen functional groups attached to an aromatic ring is 1. The highest BCUT2D eigenvalue weighted by atomic mass is 19.1. The third-order valence-corrected chi connectivity index (χ3v) is 2.49. The number of nitrogens with two attached hydrogens (primary N) is 1. The van der Waals surface area contributed by atoms with E-state index in [9.17, 15) is 4.39 Å². The molecule has 3 nitrogen and oxygen atoms in total. The van der Waals surface area contributed by atoms with Crippen molar-refractivity contribution < 1.29 is 9.13 Å². The second kappa shape index (κ2) is 5.19. The first-order valence-corrected chi connectivity index (χ1v) is 5.36. The number of ether oxygens (including phenoxy) is 1. The fourth-order valence-electron chi connectivity index (χ4n) is 1.50. The van der Waals surface area contributed by atoms with Gasteiger partial charge in [0.05, 0.1) is 17.3 Å². The first kappa shape index (κ1) is 11.9. The van der Waals surface area contributed by atoms with E-state index in [1.165, 1.54) is 6.07 Å². The summed E-state index contributed by atoms with van der Waals surface area (Å²) in [6.07, 6.45) is 0. The molecular formula is C14H11FN2O.